The lowest BCUT2D eigenvalue weighted by molar-refractivity contribution is 0.168. The molecule has 0 aromatic heterocycles. The summed E-state index contributed by atoms with van der Waals surface area (Å²) in [5, 5.41) is 10.2. The normalized spacial score (nSPS) is 18.4. The Kier molecular flexibility index (Phi) is 4.03. The fraction of sp³-hybridized carbons (Fsp3) is 0.333. The molecule has 0 saturated heterocycles. The summed E-state index contributed by atoms with van der Waals surface area (Å²) in [6.07, 6.45) is 2.64. The van der Waals surface area contributed by atoms with Crippen LogP contribution in [-0.2, 0) is 6.42 Å². The molecule has 0 fully saturated rings. The van der Waals surface area contributed by atoms with E-state index in [1.165, 1.54) is 11.3 Å². The molecule has 1 aliphatic rings. The fourth-order valence-electron chi connectivity index (χ4n) is 2.95. The van der Waals surface area contributed by atoms with Gasteiger partial charge < -0.3 is 10.0 Å². The summed E-state index contributed by atoms with van der Waals surface area (Å²) in [5.74, 6) is 0. The van der Waals surface area contributed by atoms with Crippen molar-refractivity contribution in [3.8, 4) is 0 Å². The number of aliphatic hydroxyl groups is 1. The Bertz CT molecular complexity index is 552. The van der Waals surface area contributed by atoms with Crippen LogP contribution in [0.2, 0.25) is 0 Å². The Morgan fingerprint density at radius 1 is 1.00 bits per heavy atom. The molecule has 0 saturated carbocycles. The predicted octanol–water partition coefficient (Wildman–Crippen LogP) is 3.56. The number of anilines is 1. The number of fused-ring (bicyclic) bond motifs is 1. The minimum Gasteiger partial charge on any atom is -0.388 e. The second kappa shape index (κ2) is 6.10. The van der Waals surface area contributed by atoms with E-state index in [1.807, 2.05) is 6.07 Å². The first-order valence-corrected chi connectivity index (χ1v) is 7.40. The minimum absolute atomic E-state index is 0.312. The Hall–Kier alpha value is -1.80. The molecule has 1 unspecified atom stereocenters. The van der Waals surface area contributed by atoms with Gasteiger partial charge >= 0.3 is 0 Å². The van der Waals surface area contributed by atoms with Crippen molar-refractivity contribution >= 4 is 5.69 Å². The van der Waals surface area contributed by atoms with Gasteiger partial charge in [-0.2, -0.15) is 0 Å². The summed E-state index contributed by atoms with van der Waals surface area (Å²) >= 11 is 0. The number of benzene rings is 2. The van der Waals surface area contributed by atoms with Crippen LogP contribution in [0.5, 0.6) is 0 Å². The molecule has 104 valence electrons. The van der Waals surface area contributed by atoms with Crippen molar-refractivity contribution < 1.29 is 5.11 Å². The first kappa shape index (κ1) is 13.2. The van der Waals surface area contributed by atoms with E-state index in [4.69, 9.17) is 0 Å². The molecular weight excluding hydrogens is 246 g/mol. The van der Waals surface area contributed by atoms with Crippen LogP contribution in [0, 0.1) is 0 Å². The van der Waals surface area contributed by atoms with E-state index in [1.54, 1.807) is 0 Å². The smallest absolute Gasteiger partial charge is 0.0810 e. The molecule has 0 spiro atoms. The van der Waals surface area contributed by atoms with E-state index in [0.717, 1.165) is 37.9 Å². The molecule has 2 aromatic rings. The highest BCUT2D eigenvalue weighted by Gasteiger charge is 2.20. The van der Waals surface area contributed by atoms with E-state index in [0.29, 0.717) is 0 Å². The van der Waals surface area contributed by atoms with Crippen molar-refractivity contribution in [3.63, 3.8) is 0 Å². The number of para-hydroxylation sites is 1. The van der Waals surface area contributed by atoms with Gasteiger partial charge in [0.05, 0.1) is 6.10 Å². The maximum Gasteiger partial charge on any atom is 0.0810 e. The molecule has 1 N–H and O–H groups in total. The van der Waals surface area contributed by atoms with Gasteiger partial charge in [0.1, 0.15) is 0 Å². The highest BCUT2D eigenvalue weighted by molar-refractivity contribution is 5.55. The van der Waals surface area contributed by atoms with Gasteiger partial charge in [0.2, 0.25) is 0 Å². The van der Waals surface area contributed by atoms with Gasteiger partial charge in [0.15, 0.2) is 0 Å². The maximum absolute atomic E-state index is 10.2. The molecule has 2 heteroatoms. The zero-order valence-corrected chi connectivity index (χ0v) is 11.7. The van der Waals surface area contributed by atoms with Crippen LogP contribution in [-0.4, -0.2) is 18.2 Å². The molecule has 0 aliphatic carbocycles. The van der Waals surface area contributed by atoms with Crippen molar-refractivity contribution in [3.05, 3.63) is 65.7 Å². The number of hydrogen-bond donors (Lipinski definition) is 1. The van der Waals surface area contributed by atoms with Gasteiger partial charge in [-0.25, -0.2) is 0 Å². The third-order valence-corrected chi connectivity index (χ3v) is 4.06. The number of hydrogen-bond acceptors (Lipinski definition) is 2. The lowest BCUT2D eigenvalue weighted by atomic mass is 10.0. The highest BCUT2D eigenvalue weighted by atomic mass is 16.3. The van der Waals surface area contributed by atoms with E-state index in [2.05, 4.69) is 53.4 Å². The average Bonchev–Trinajstić information content (AvgIpc) is 2.66. The standard InChI is InChI=1S/C18H21NO/c20-18-11-6-13-19(17-10-5-4-9-16(17)18)14-12-15-7-2-1-3-8-15/h1-5,7-10,18,20H,6,11-14H2. The largest absolute Gasteiger partial charge is 0.388 e. The average molecular weight is 267 g/mol. The lowest BCUT2D eigenvalue weighted by Crippen LogP contribution is -2.26. The first-order chi connectivity index (χ1) is 9.84. The molecule has 0 radical (unpaired) electrons. The van der Waals surface area contributed by atoms with Gasteiger partial charge in [-0.3, -0.25) is 0 Å². The van der Waals surface area contributed by atoms with Gasteiger partial charge in [0, 0.05) is 24.3 Å². The van der Waals surface area contributed by atoms with E-state index < -0.39 is 0 Å². The summed E-state index contributed by atoms with van der Waals surface area (Å²) in [7, 11) is 0. The molecule has 1 aliphatic heterocycles. The van der Waals surface area contributed by atoms with Crippen molar-refractivity contribution in [2.45, 2.75) is 25.4 Å². The van der Waals surface area contributed by atoms with E-state index >= 15 is 0 Å². The third kappa shape index (κ3) is 2.86. The predicted molar refractivity (Wildman–Crippen MR) is 83.0 cm³/mol. The minimum atomic E-state index is -0.312. The Labute approximate surface area is 120 Å². The molecule has 1 heterocycles. The maximum atomic E-state index is 10.2. The molecular formula is C18H21NO. The van der Waals surface area contributed by atoms with Crippen LogP contribution >= 0.6 is 0 Å². The second-order valence-corrected chi connectivity index (χ2v) is 5.44. The topological polar surface area (TPSA) is 23.5 Å². The quantitative estimate of drug-likeness (QED) is 0.919. The Balaban J connectivity index is 1.77. The van der Waals surface area contributed by atoms with Gasteiger partial charge in [-0.15, -0.1) is 0 Å². The zero-order chi connectivity index (χ0) is 13.8. The summed E-state index contributed by atoms with van der Waals surface area (Å²) in [6.45, 7) is 2.04. The van der Waals surface area contributed by atoms with Crippen LogP contribution in [0.3, 0.4) is 0 Å². The Morgan fingerprint density at radius 3 is 2.60 bits per heavy atom. The van der Waals surface area contributed by atoms with Crippen molar-refractivity contribution in [2.24, 2.45) is 0 Å². The number of aliphatic hydroxyl groups excluding tert-OH is 1. The van der Waals surface area contributed by atoms with Crippen molar-refractivity contribution in [1.82, 2.24) is 0 Å². The van der Waals surface area contributed by atoms with Crippen LogP contribution in [0.25, 0.3) is 0 Å². The van der Waals surface area contributed by atoms with E-state index in [9.17, 15) is 5.11 Å². The van der Waals surface area contributed by atoms with Gasteiger partial charge in [-0.1, -0.05) is 48.5 Å². The third-order valence-electron chi connectivity index (χ3n) is 4.06. The number of nitrogens with zero attached hydrogens (tertiary/aromatic N) is 1. The second-order valence-electron chi connectivity index (χ2n) is 5.44. The summed E-state index contributed by atoms with van der Waals surface area (Å²) in [4.78, 5) is 2.42. The monoisotopic (exact) mass is 267 g/mol. The molecule has 0 bridgehead atoms. The molecule has 3 rings (SSSR count). The SMILES string of the molecule is OC1CCCN(CCc2ccccc2)c2ccccc21. The summed E-state index contributed by atoms with van der Waals surface area (Å²) in [5.41, 5.74) is 3.65. The fourth-order valence-corrected chi connectivity index (χ4v) is 2.95. The van der Waals surface area contributed by atoms with Crippen molar-refractivity contribution in [1.29, 1.82) is 0 Å². The summed E-state index contributed by atoms with van der Waals surface area (Å²) < 4.78 is 0. The van der Waals surface area contributed by atoms with Gasteiger partial charge in [0.25, 0.3) is 0 Å². The summed E-state index contributed by atoms with van der Waals surface area (Å²) in [6, 6.07) is 18.9. The molecule has 1 atom stereocenters. The van der Waals surface area contributed by atoms with Crippen LogP contribution < -0.4 is 4.90 Å². The van der Waals surface area contributed by atoms with Gasteiger partial charge in [-0.05, 0) is 30.9 Å². The molecule has 0 amide bonds. The zero-order valence-electron chi connectivity index (χ0n) is 11.7. The molecule has 2 aromatic carbocycles. The van der Waals surface area contributed by atoms with Crippen LogP contribution in [0.4, 0.5) is 5.69 Å². The first-order valence-electron chi connectivity index (χ1n) is 7.40. The van der Waals surface area contributed by atoms with Crippen LogP contribution in [0.15, 0.2) is 54.6 Å². The molecule has 2 nitrogen and oxygen atoms in total. The lowest BCUT2D eigenvalue weighted by Gasteiger charge is -2.25. The number of rotatable bonds is 3. The van der Waals surface area contributed by atoms with E-state index in [-0.39, 0.29) is 6.10 Å². The van der Waals surface area contributed by atoms with Crippen LogP contribution in [0.1, 0.15) is 30.1 Å². The Morgan fingerprint density at radius 2 is 1.75 bits per heavy atom. The molecule has 20 heavy (non-hydrogen) atoms. The van der Waals surface area contributed by atoms with Crippen molar-refractivity contribution in [2.75, 3.05) is 18.0 Å². The highest BCUT2D eigenvalue weighted by Crippen LogP contribution is 2.32.